The Morgan fingerprint density at radius 2 is 1.05 bits per heavy atom. The van der Waals surface area contributed by atoms with Crippen molar-refractivity contribution in [3.63, 3.8) is 0 Å². The van der Waals surface area contributed by atoms with Crippen molar-refractivity contribution in [2.24, 2.45) is 17.8 Å². The van der Waals surface area contributed by atoms with Gasteiger partial charge >= 0.3 is 5.97 Å². The summed E-state index contributed by atoms with van der Waals surface area (Å²) in [6.07, 6.45) is 39.4. The Bertz CT molecular complexity index is 632. The molecule has 0 aliphatic rings. The van der Waals surface area contributed by atoms with Crippen LogP contribution in [0.3, 0.4) is 0 Å². The molecule has 0 aliphatic carbocycles. The molecule has 2 atom stereocenters. The molecule has 0 aromatic rings. The van der Waals surface area contributed by atoms with E-state index >= 15 is 0 Å². The molecule has 0 heterocycles. The van der Waals surface area contributed by atoms with Crippen LogP contribution < -0.4 is 0 Å². The van der Waals surface area contributed by atoms with Crippen LogP contribution in [0, 0.1) is 17.8 Å². The Hall–Kier alpha value is -1.05. The van der Waals surface area contributed by atoms with Gasteiger partial charge in [-0.3, -0.25) is 0 Å². The number of allylic oxidation sites excluding steroid dienone is 2. The van der Waals surface area contributed by atoms with Crippen LogP contribution in [0.4, 0.5) is 0 Å². The number of hydrogen-bond acceptors (Lipinski definition) is 2. The zero-order valence-electron chi connectivity index (χ0n) is 29.7. The Balaban J connectivity index is 3.57. The van der Waals surface area contributed by atoms with Crippen molar-refractivity contribution in [3.05, 3.63) is 23.8 Å². The third-order valence-electron chi connectivity index (χ3n) is 9.03. The normalized spacial score (nSPS) is 13.7. The number of esters is 1. The van der Waals surface area contributed by atoms with Crippen molar-refractivity contribution >= 4 is 5.97 Å². The number of carbonyl (C=O) groups excluding carboxylic acids is 1. The molecule has 0 bridgehead atoms. The second kappa shape index (κ2) is 31.4. The van der Waals surface area contributed by atoms with Gasteiger partial charge in [-0.1, -0.05) is 181 Å². The van der Waals surface area contributed by atoms with Crippen LogP contribution in [-0.2, 0) is 9.53 Å². The molecule has 2 nitrogen and oxygen atoms in total. The van der Waals surface area contributed by atoms with Gasteiger partial charge in [-0.25, -0.2) is 4.79 Å². The molecule has 0 saturated heterocycles. The highest BCUT2D eigenvalue weighted by Crippen LogP contribution is 2.22. The number of hydrogen-bond donors (Lipinski definition) is 0. The van der Waals surface area contributed by atoms with Gasteiger partial charge in [0.25, 0.3) is 0 Å². The molecule has 0 amide bonds. The summed E-state index contributed by atoms with van der Waals surface area (Å²) in [5, 5.41) is 0. The molecule has 0 aromatic heterocycles. The quantitative estimate of drug-likeness (QED) is 0.0348. The number of carbonyl (C=O) groups is 1. The maximum Gasteiger partial charge on any atom is 0.330 e. The minimum Gasteiger partial charge on any atom is -0.458 e. The molecule has 0 aliphatic heterocycles. The predicted molar refractivity (Wildman–Crippen MR) is 188 cm³/mol. The summed E-state index contributed by atoms with van der Waals surface area (Å²) in [5.74, 6) is 2.34. The highest BCUT2D eigenvalue weighted by atomic mass is 16.5. The van der Waals surface area contributed by atoms with E-state index in [-0.39, 0.29) is 5.97 Å². The summed E-state index contributed by atoms with van der Waals surface area (Å²) in [6, 6.07) is 0. The van der Waals surface area contributed by atoms with Gasteiger partial charge in [0.2, 0.25) is 0 Å². The van der Waals surface area contributed by atoms with Crippen LogP contribution in [-0.4, -0.2) is 12.6 Å². The van der Waals surface area contributed by atoms with Crippen molar-refractivity contribution in [3.8, 4) is 0 Å². The fourth-order valence-electron chi connectivity index (χ4n) is 5.94. The monoisotopic (exact) mass is 589 g/mol. The van der Waals surface area contributed by atoms with Crippen LogP contribution >= 0.6 is 0 Å². The van der Waals surface area contributed by atoms with Gasteiger partial charge < -0.3 is 4.74 Å². The first-order valence-electron chi connectivity index (χ1n) is 18.8. The van der Waals surface area contributed by atoms with E-state index in [4.69, 9.17) is 4.74 Å². The topological polar surface area (TPSA) is 26.3 Å². The van der Waals surface area contributed by atoms with E-state index in [0.717, 1.165) is 30.6 Å². The summed E-state index contributed by atoms with van der Waals surface area (Å²) in [7, 11) is 0. The molecule has 0 N–H and O–H groups in total. The largest absolute Gasteiger partial charge is 0.458 e. The van der Waals surface area contributed by atoms with Gasteiger partial charge in [0.1, 0.15) is 6.61 Å². The lowest BCUT2D eigenvalue weighted by Crippen LogP contribution is -2.01. The minimum atomic E-state index is -0.202. The zero-order chi connectivity index (χ0) is 31.1. The van der Waals surface area contributed by atoms with E-state index in [1.54, 1.807) is 6.08 Å². The Morgan fingerprint density at radius 1 is 0.595 bits per heavy atom. The molecule has 0 saturated carbocycles. The Labute approximate surface area is 265 Å². The van der Waals surface area contributed by atoms with Gasteiger partial charge in [0.15, 0.2) is 0 Å². The molecule has 248 valence electrons. The average molecular weight is 589 g/mol. The van der Waals surface area contributed by atoms with Crippen LogP contribution in [0.15, 0.2) is 23.8 Å². The van der Waals surface area contributed by atoms with Crippen molar-refractivity contribution < 1.29 is 9.53 Å². The lowest BCUT2D eigenvalue weighted by molar-refractivity contribution is -0.136. The maximum atomic E-state index is 12.0. The molecule has 0 rings (SSSR count). The fourth-order valence-corrected chi connectivity index (χ4v) is 5.94. The molecular formula is C40H76O2. The maximum absolute atomic E-state index is 12.0. The molecule has 0 aromatic carbocycles. The Kier molecular flexibility index (Phi) is 30.6. The molecule has 0 unspecified atom stereocenters. The first-order valence-corrected chi connectivity index (χ1v) is 18.8. The van der Waals surface area contributed by atoms with Crippen molar-refractivity contribution in [2.45, 2.75) is 202 Å². The molecule has 0 fully saturated rings. The SMILES string of the molecule is CCCCCCCCCCCCCCCCCC=CC(=O)OC/C=C(\C)CCC[C@H](C)CCC[C@H](C)CCCC(C)C. The smallest absolute Gasteiger partial charge is 0.330 e. The van der Waals surface area contributed by atoms with Crippen molar-refractivity contribution in [1.82, 2.24) is 0 Å². The third-order valence-corrected chi connectivity index (χ3v) is 9.03. The average Bonchev–Trinajstić information content (AvgIpc) is 2.94. The molecular weight excluding hydrogens is 512 g/mol. The first kappa shape index (κ1) is 41.0. The summed E-state index contributed by atoms with van der Waals surface area (Å²) in [6.45, 7) is 14.4. The van der Waals surface area contributed by atoms with E-state index in [0.29, 0.717) is 6.61 Å². The predicted octanol–water partition coefficient (Wildman–Crippen LogP) is 13.7. The molecule has 0 radical (unpaired) electrons. The third kappa shape index (κ3) is 31.9. The van der Waals surface area contributed by atoms with E-state index in [2.05, 4.69) is 47.6 Å². The molecule has 0 spiro atoms. The van der Waals surface area contributed by atoms with Crippen LogP contribution in [0.5, 0.6) is 0 Å². The second-order valence-corrected chi connectivity index (χ2v) is 14.2. The van der Waals surface area contributed by atoms with E-state index in [9.17, 15) is 4.79 Å². The summed E-state index contributed by atoms with van der Waals surface area (Å²) in [5.41, 5.74) is 1.34. The van der Waals surface area contributed by atoms with Crippen LogP contribution in [0.25, 0.3) is 0 Å². The highest BCUT2D eigenvalue weighted by molar-refractivity contribution is 5.81. The van der Waals surface area contributed by atoms with Gasteiger partial charge in [0.05, 0.1) is 0 Å². The van der Waals surface area contributed by atoms with Crippen LogP contribution in [0.1, 0.15) is 202 Å². The number of rotatable bonds is 31. The van der Waals surface area contributed by atoms with Crippen LogP contribution in [0.2, 0.25) is 0 Å². The lowest BCUT2D eigenvalue weighted by Gasteiger charge is -2.15. The molecule has 42 heavy (non-hydrogen) atoms. The van der Waals surface area contributed by atoms with Gasteiger partial charge in [-0.15, -0.1) is 0 Å². The summed E-state index contributed by atoms with van der Waals surface area (Å²) < 4.78 is 5.38. The highest BCUT2D eigenvalue weighted by Gasteiger charge is 2.07. The summed E-state index contributed by atoms with van der Waals surface area (Å²) >= 11 is 0. The van der Waals surface area contributed by atoms with Crippen molar-refractivity contribution in [2.75, 3.05) is 6.61 Å². The van der Waals surface area contributed by atoms with E-state index in [1.807, 2.05) is 6.08 Å². The minimum absolute atomic E-state index is 0.202. The second-order valence-electron chi connectivity index (χ2n) is 14.2. The standard InChI is InChI=1S/C40H76O2/c1-7-8-9-10-11-12-13-14-15-16-17-18-19-20-21-22-23-33-40(41)42-35-34-39(6)32-26-31-38(5)30-25-29-37(4)28-24-27-36(2)3/h23,33-34,36-38H,7-22,24-32,35H2,1-6H3/b33-23?,39-34+/t37-,38-/m1/s1. The lowest BCUT2D eigenvalue weighted by atomic mass is 9.91. The fraction of sp³-hybridized carbons (Fsp3) is 0.875. The Morgan fingerprint density at radius 3 is 1.55 bits per heavy atom. The molecule has 2 heteroatoms. The summed E-state index contributed by atoms with van der Waals surface area (Å²) in [4.78, 5) is 12.0. The van der Waals surface area contributed by atoms with Crippen molar-refractivity contribution in [1.29, 1.82) is 0 Å². The van der Waals surface area contributed by atoms with E-state index in [1.165, 1.54) is 153 Å². The van der Waals surface area contributed by atoms with E-state index < -0.39 is 0 Å². The first-order chi connectivity index (χ1) is 20.3. The van der Waals surface area contributed by atoms with Gasteiger partial charge in [-0.05, 0) is 56.4 Å². The number of unbranched alkanes of at least 4 members (excludes halogenated alkanes) is 15. The number of ether oxygens (including phenoxy) is 1. The van der Waals surface area contributed by atoms with Gasteiger partial charge in [0, 0.05) is 6.08 Å². The van der Waals surface area contributed by atoms with Gasteiger partial charge in [-0.2, -0.15) is 0 Å². The zero-order valence-corrected chi connectivity index (χ0v) is 29.7.